The third-order valence-corrected chi connectivity index (χ3v) is 4.51. The number of hydrogen-bond acceptors (Lipinski definition) is 2. The smallest absolute Gasteiger partial charge is 0.100 e. The van der Waals surface area contributed by atoms with E-state index in [1.165, 1.54) is 11.1 Å². The molecule has 108 valence electrons. The van der Waals surface area contributed by atoms with Crippen molar-refractivity contribution in [3.63, 3.8) is 0 Å². The van der Waals surface area contributed by atoms with E-state index in [9.17, 15) is 5.11 Å². The summed E-state index contributed by atoms with van der Waals surface area (Å²) in [7, 11) is 0. The van der Waals surface area contributed by atoms with E-state index in [0.29, 0.717) is 0 Å². The number of halogens is 1. The van der Waals surface area contributed by atoms with E-state index in [2.05, 4.69) is 51.5 Å². The first-order valence-corrected chi connectivity index (χ1v) is 7.69. The molecule has 1 heterocycles. The summed E-state index contributed by atoms with van der Waals surface area (Å²) in [4.78, 5) is 4.49. The average Bonchev–Trinajstić information content (AvgIpc) is 2.82. The van der Waals surface area contributed by atoms with Gasteiger partial charge in [0.25, 0.3) is 0 Å². The molecule has 2 aromatic carbocycles. The second-order valence-electron chi connectivity index (χ2n) is 5.43. The zero-order valence-electron chi connectivity index (χ0n) is 12.3. The summed E-state index contributed by atoms with van der Waals surface area (Å²) in [6.07, 6.45) is 1.37. The Bertz CT molecular complexity index is 821. The Labute approximate surface area is 132 Å². The van der Waals surface area contributed by atoms with Crippen LogP contribution in [0.4, 0.5) is 0 Å². The molecule has 0 fully saturated rings. The van der Waals surface area contributed by atoms with Gasteiger partial charge in [-0.15, -0.1) is 0 Å². The molecule has 0 saturated heterocycles. The lowest BCUT2D eigenvalue weighted by atomic mass is 10.1. The number of imidazole rings is 1. The Morgan fingerprint density at radius 1 is 1.14 bits per heavy atom. The molecule has 0 aliphatic carbocycles. The maximum atomic E-state index is 9.67. The van der Waals surface area contributed by atoms with Gasteiger partial charge in [-0.1, -0.05) is 6.07 Å². The van der Waals surface area contributed by atoms with Crippen LogP contribution in [0.3, 0.4) is 0 Å². The predicted molar refractivity (Wildman–Crippen MR) is 88.9 cm³/mol. The molecule has 3 nitrogen and oxygen atoms in total. The molecule has 0 bridgehead atoms. The number of hydrogen-bond donors (Lipinski definition) is 1. The maximum absolute atomic E-state index is 9.67. The van der Waals surface area contributed by atoms with Crippen LogP contribution in [0.1, 0.15) is 29.7 Å². The van der Waals surface area contributed by atoms with Gasteiger partial charge in [-0.2, -0.15) is 0 Å². The highest BCUT2D eigenvalue weighted by atomic mass is 79.9. The minimum absolute atomic E-state index is 0.472. The van der Waals surface area contributed by atoms with Crippen molar-refractivity contribution in [1.82, 2.24) is 9.55 Å². The highest BCUT2D eigenvalue weighted by molar-refractivity contribution is 9.10. The average molecular weight is 345 g/mol. The summed E-state index contributed by atoms with van der Waals surface area (Å²) in [5, 5.41) is 9.67. The van der Waals surface area contributed by atoms with Gasteiger partial charge in [0.15, 0.2) is 0 Å². The first kappa shape index (κ1) is 14.3. The molecule has 0 aliphatic rings. The van der Waals surface area contributed by atoms with E-state index in [1.807, 2.05) is 24.5 Å². The molecule has 1 N–H and O–H groups in total. The van der Waals surface area contributed by atoms with Crippen LogP contribution >= 0.6 is 15.9 Å². The highest BCUT2D eigenvalue weighted by Crippen LogP contribution is 2.29. The largest absolute Gasteiger partial charge is 0.389 e. The van der Waals surface area contributed by atoms with Crippen LogP contribution in [0.15, 0.2) is 41.1 Å². The van der Waals surface area contributed by atoms with E-state index in [4.69, 9.17) is 0 Å². The molecule has 3 aromatic rings. The molecule has 0 saturated carbocycles. The number of aryl methyl sites for hydroxylation is 2. The third kappa shape index (κ3) is 2.49. The van der Waals surface area contributed by atoms with Crippen LogP contribution in [-0.2, 0) is 0 Å². The zero-order chi connectivity index (χ0) is 15.1. The molecular weight excluding hydrogens is 328 g/mol. The van der Waals surface area contributed by atoms with Gasteiger partial charge in [0.2, 0.25) is 0 Å². The summed E-state index contributed by atoms with van der Waals surface area (Å²) in [6, 6.07) is 10.2. The van der Waals surface area contributed by atoms with Gasteiger partial charge in [0.1, 0.15) is 6.33 Å². The fraction of sp³-hybridized carbons (Fsp3) is 0.235. The SMILES string of the molecule is Cc1cc2ncn(-c3ccc(C(C)O)cc3Br)c2cc1C. The molecular formula is C17H17BrN2O. The number of fused-ring (bicyclic) bond motifs is 1. The predicted octanol–water partition coefficient (Wildman–Crippen LogP) is 4.46. The molecule has 3 rings (SSSR count). The van der Waals surface area contributed by atoms with Crippen LogP contribution in [0, 0.1) is 13.8 Å². The quantitative estimate of drug-likeness (QED) is 0.745. The van der Waals surface area contributed by atoms with Gasteiger partial charge in [0, 0.05) is 4.47 Å². The van der Waals surface area contributed by atoms with Crippen molar-refractivity contribution in [2.45, 2.75) is 26.9 Å². The van der Waals surface area contributed by atoms with Crippen molar-refractivity contribution in [2.24, 2.45) is 0 Å². The lowest BCUT2D eigenvalue weighted by Crippen LogP contribution is -1.97. The van der Waals surface area contributed by atoms with E-state index in [0.717, 1.165) is 26.8 Å². The topological polar surface area (TPSA) is 38.0 Å². The third-order valence-electron chi connectivity index (χ3n) is 3.88. The van der Waals surface area contributed by atoms with E-state index >= 15 is 0 Å². The van der Waals surface area contributed by atoms with Crippen molar-refractivity contribution >= 4 is 27.0 Å². The van der Waals surface area contributed by atoms with Crippen molar-refractivity contribution in [1.29, 1.82) is 0 Å². The number of nitrogens with zero attached hydrogens (tertiary/aromatic N) is 2. The first-order valence-electron chi connectivity index (χ1n) is 6.89. The molecule has 0 amide bonds. The van der Waals surface area contributed by atoms with Crippen LogP contribution in [0.5, 0.6) is 0 Å². The summed E-state index contributed by atoms with van der Waals surface area (Å²) < 4.78 is 3.01. The number of aromatic nitrogens is 2. The maximum Gasteiger partial charge on any atom is 0.100 e. The van der Waals surface area contributed by atoms with Crippen LogP contribution in [0.25, 0.3) is 16.7 Å². The molecule has 0 aliphatic heterocycles. The van der Waals surface area contributed by atoms with Crippen molar-refractivity contribution in [3.05, 3.63) is 57.8 Å². The van der Waals surface area contributed by atoms with Gasteiger partial charge in [-0.25, -0.2) is 4.98 Å². The lowest BCUT2D eigenvalue weighted by Gasteiger charge is -2.11. The minimum Gasteiger partial charge on any atom is -0.389 e. The second-order valence-corrected chi connectivity index (χ2v) is 6.28. The molecule has 4 heteroatoms. The van der Waals surface area contributed by atoms with Gasteiger partial charge >= 0.3 is 0 Å². The summed E-state index contributed by atoms with van der Waals surface area (Å²) in [5.41, 5.74) is 6.48. The summed E-state index contributed by atoms with van der Waals surface area (Å²) in [5.74, 6) is 0. The first-order chi connectivity index (χ1) is 9.97. The summed E-state index contributed by atoms with van der Waals surface area (Å²) in [6.45, 7) is 5.97. The molecule has 1 aromatic heterocycles. The Hall–Kier alpha value is -1.65. The van der Waals surface area contributed by atoms with Gasteiger partial charge < -0.3 is 5.11 Å². The standard InChI is InChI=1S/C17H17BrN2O/c1-10-6-15-17(7-11(10)2)20(9-19-15)16-5-4-13(12(3)21)8-14(16)18/h4-9,12,21H,1-3H3. The molecule has 0 spiro atoms. The monoisotopic (exact) mass is 344 g/mol. The van der Waals surface area contributed by atoms with Gasteiger partial charge in [0.05, 0.1) is 22.8 Å². The molecule has 0 radical (unpaired) electrons. The van der Waals surface area contributed by atoms with Crippen molar-refractivity contribution < 1.29 is 5.11 Å². The molecule has 1 unspecified atom stereocenters. The van der Waals surface area contributed by atoms with E-state index in [1.54, 1.807) is 6.92 Å². The van der Waals surface area contributed by atoms with Crippen molar-refractivity contribution in [3.8, 4) is 5.69 Å². The van der Waals surface area contributed by atoms with Crippen LogP contribution < -0.4 is 0 Å². The highest BCUT2D eigenvalue weighted by Gasteiger charge is 2.11. The van der Waals surface area contributed by atoms with Crippen LogP contribution in [0.2, 0.25) is 0 Å². The number of aliphatic hydroxyl groups excluding tert-OH is 1. The normalized spacial score (nSPS) is 12.8. The van der Waals surface area contributed by atoms with E-state index in [-0.39, 0.29) is 0 Å². The number of rotatable bonds is 2. The Morgan fingerprint density at radius 2 is 1.86 bits per heavy atom. The second kappa shape index (κ2) is 5.28. The minimum atomic E-state index is -0.472. The van der Waals surface area contributed by atoms with Gasteiger partial charge in [-0.05, 0) is 77.7 Å². The lowest BCUT2D eigenvalue weighted by molar-refractivity contribution is 0.199. The van der Waals surface area contributed by atoms with Crippen molar-refractivity contribution in [2.75, 3.05) is 0 Å². The van der Waals surface area contributed by atoms with E-state index < -0.39 is 6.10 Å². The number of benzene rings is 2. The van der Waals surface area contributed by atoms with Gasteiger partial charge in [-0.3, -0.25) is 4.57 Å². The molecule has 1 atom stereocenters. The van der Waals surface area contributed by atoms with Crippen LogP contribution in [-0.4, -0.2) is 14.7 Å². The zero-order valence-corrected chi connectivity index (χ0v) is 13.8. The summed E-state index contributed by atoms with van der Waals surface area (Å²) >= 11 is 3.60. The Morgan fingerprint density at radius 3 is 2.52 bits per heavy atom. The fourth-order valence-electron chi connectivity index (χ4n) is 2.43. The molecule has 21 heavy (non-hydrogen) atoms. The fourth-order valence-corrected chi connectivity index (χ4v) is 3.02. The Balaban J connectivity index is 2.19. The Kier molecular flexibility index (Phi) is 3.59. The number of aliphatic hydroxyl groups is 1.